The molecule has 1 aromatic carbocycles. The van der Waals surface area contributed by atoms with Crippen LogP contribution in [0.3, 0.4) is 0 Å². The quantitative estimate of drug-likeness (QED) is 0.843. The SMILES string of the molecule is CC1OCCC1(C)n1nnnc1-c1cc(N)ccc1F. The molecule has 1 aromatic heterocycles. The first kappa shape index (κ1) is 13.0. The molecule has 2 unspecified atom stereocenters. The summed E-state index contributed by atoms with van der Waals surface area (Å²) in [5.41, 5.74) is 6.11. The third-order valence-corrected chi connectivity index (χ3v) is 4.04. The predicted molar refractivity (Wildman–Crippen MR) is 71.3 cm³/mol. The molecule has 0 radical (unpaired) electrons. The third-order valence-electron chi connectivity index (χ3n) is 4.04. The lowest BCUT2D eigenvalue weighted by atomic mass is 9.94. The first-order valence-electron chi connectivity index (χ1n) is 6.48. The third kappa shape index (κ3) is 1.85. The van der Waals surface area contributed by atoms with Crippen LogP contribution in [0.5, 0.6) is 0 Å². The van der Waals surface area contributed by atoms with Gasteiger partial charge in [0, 0.05) is 12.3 Å². The largest absolute Gasteiger partial charge is 0.399 e. The number of nitrogen functional groups attached to an aromatic ring is 1. The average molecular weight is 277 g/mol. The van der Waals surface area contributed by atoms with Crippen molar-refractivity contribution in [2.24, 2.45) is 0 Å². The standard InChI is InChI=1S/C13H16FN5O/c1-8-13(2,5-6-20-8)19-12(16-17-18-19)10-7-9(15)3-4-11(10)14/h3-4,7-8H,5-6,15H2,1-2H3. The molecule has 106 valence electrons. The number of tetrazole rings is 1. The molecular weight excluding hydrogens is 261 g/mol. The van der Waals surface area contributed by atoms with Gasteiger partial charge in [0.1, 0.15) is 5.82 Å². The van der Waals surface area contributed by atoms with Crippen molar-refractivity contribution < 1.29 is 9.13 Å². The van der Waals surface area contributed by atoms with Crippen LogP contribution in [0, 0.1) is 5.82 Å². The Morgan fingerprint density at radius 3 is 3.00 bits per heavy atom. The molecule has 0 aliphatic carbocycles. The summed E-state index contributed by atoms with van der Waals surface area (Å²) in [5, 5.41) is 11.7. The highest BCUT2D eigenvalue weighted by Crippen LogP contribution is 2.35. The van der Waals surface area contributed by atoms with Gasteiger partial charge in [0.15, 0.2) is 5.82 Å². The van der Waals surface area contributed by atoms with Crippen LogP contribution >= 0.6 is 0 Å². The summed E-state index contributed by atoms with van der Waals surface area (Å²) < 4.78 is 21.3. The number of aromatic nitrogens is 4. The summed E-state index contributed by atoms with van der Waals surface area (Å²) >= 11 is 0. The number of hydrogen-bond donors (Lipinski definition) is 1. The van der Waals surface area contributed by atoms with Gasteiger partial charge in [-0.15, -0.1) is 5.10 Å². The summed E-state index contributed by atoms with van der Waals surface area (Å²) in [6.45, 7) is 4.61. The highest BCUT2D eigenvalue weighted by molar-refractivity contribution is 5.61. The zero-order chi connectivity index (χ0) is 14.3. The van der Waals surface area contributed by atoms with E-state index in [2.05, 4.69) is 15.5 Å². The Kier molecular flexibility index (Phi) is 2.93. The predicted octanol–water partition coefficient (Wildman–Crippen LogP) is 1.59. The van der Waals surface area contributed by atoms with E-state index < -0.39 is 11.4 Å². The van der Waals surface area contributed by atoms with Gasteiger partial charge < -0.3 is 10.5 Å². The van der Waals surface area contributed by atoms with Gasteiger partial charge in [-0.3, -0.25) is 0 Å². The van der Waals surface area contributed by atoms with E-state index in [0.29, 0.717) is 23.7 Å². The Morgan fingerprint density at radius 1 is 1.50 bits per heavy atom. The van der Waals surface area contributed by atoms with Crippen LogP contribution in [-0.2, 0) is 10.3 Å². The Morgan fingerprint density at radius 2 is 2.30 bits per heavy atom. The molecule has 1 aliphatic heterocycles. The number of anilines is 1. The first-order chi connectivity index (χ1) is 9.52. The fourth-order valence-electron chi connectivity index (χ4n) is 2.52. The number of benzene rings is 1. The van der Waals surface area contributed by atoms with Crippen LogP contribution in [-0.4, -0.2) is 32.9 Å². The summed E-state index contributed by atoms with van der Waals surface area (Å²) in [6.07, 6.45) is 0.727. The van der Waals surface area contributed by atoms with Gasteiger partial charge in [0.2, 0.25) is 0 Å². The normalized spacial score (nSPS) is 26.1. The topological polar surface area (TPSA) is 78.8 Å². The minimum Gasteiger partial charge on any atom is -0.399 e. The summed E-state index contributed by atoms with van der Waals surface area (Å²) in [7, 11) is 0. The van der Waals surface area contributed by atoms with E-state index >= 15 is 0 Å². The zero-order valence-electron chi connectivity index (χ0n) is 11.4. The first-order valence-corrected chi connectivity index (χ1v) is 6.48. The van der Waals surface area contributed by atoms with Gasteiger partial charge in [-0.2, -0.15) is 0 Å². The van der Waals surface area contributed by atoms with E-state index in [1.165, 1.54) is 12.1 Å². The van der Waals surface area contributed by atoms with E-state index in [-0.39, 0.29) is 6.10 Å². The summed E-state index contributed by atoms with van der Waals surface area (Å²) in [4.78, 5) is 0. The summed E-state index contributed by atoms with van der Waals surface area (Å²) in [5.74, 6) is -0.0277. The maximum Gasteiger partial charge on any atom is 0.185 e. The molecule has 1 saturated heterocycles. The second kappa shape index (κ2) is 4.52. The van der Waals surface area contributed by atoms with E-state index in [4.69, 9.17) is 10.5 Å². The van der Waals surface area contributed by atoms with Gasteiger partial charge in [0.05, 0.1) is 17.2 Å². The minimum atomic E-state index is -0.398. The van der Waals surface area contributed by atoms with Crippen LogP contribution in [0.4, 0.5) is 10.1 Å². The van der Waals surface area contributed by atoms with Crippen molar-refractivity contribution in [3.63, 3.8) is 0 Å². The summed E-state index contributed by atoms with van der Waals surface area (Å²) in [6, 6.07) is 4.37. The Labute approximate surface area is 115 Å². The van der Waals surface area contributed by atoms with Gasteiger partial charge in [-0.1, -0.05) is 0 Å². The van der Waals surface area contributed by atoms with Gasteiger partial charge >= 0.3 is 0 Å². The molecule has 0 bridgehead atoms. The van der Waals surface area contributed by atoms with Gasteiger partial charge in [-0.05, 0) is 48.9 Å². The van der Waals surface area contributed by atoms with Crippen molar-refractivity contribution in [3.05, 3.63) is 24.0 Å². The average Bonchev–Trinajstić information content (AvgIpc) is 3.01. The molecule has 7 heteroatoms. The van der Waals surface area contributed by atoms with E-state index in [9.17, 15) is 4.39 Å². The minimum absolute atomic E-state index is 0.0473. The number of rotatable bonds is 2. The smallest absolute Gasteiger partial charge is 0.185 e. The fourth-order valence-corrected chi connectivity index (χ4v) is 2.52. The van der Waals surface area contributed by atoms with E-state index in [1.807, 2.05) is 13.8 Å². The van der Waals surface area contributed by atoms with Crippen molar-refractivity contribution >= 4 is 5.69 Å². The molecule has 0 amide bonds. The molecule has 0 spiro atoms. The Balaban J connectivity index is 2.13. The monoisotopic (exact) mass is 277 g/mol. The Hall–Kier alpha value is -2.02. The van der Waals surface area contributed by atoms with E-state index in [0.717, 1.165) is 6.42 Å². The van der Waals surface area contributed by atoms with Crippen LogP contribution in [0.1, 0.15) is 20.3 Å². The Bertz CT molecular complexity index is 643. The molecule has 2 heterocycles. The second-order valence-electron chi connectivity index (χ2n) is 5.27. The van der Waals surface area contributed by atoms with Crippen molar-refractivity contribution in [1.29, 1.82) is 0 Å². The molecule has 3 rings (SSSR count). The number of hydrogen-bond acceptors (Lipinski definition) is 5. The maximum absolute atomic E-state index is 14.0. The van der Waals surface area contributed by atoms with Crippen molar-refractivity contribution in [1.82, 2.24) is 20.2 Å². The van der Waals surface area contributed by atoms with Crippen LogP contribution in [0.25, 0.3) is 11.4 Å². The molecule has 1 aliphatic rings. The fraction of sp³-hybridized carbons (Fsp3) is 0.462. The molecular formula is C13H16FN5O. The molecule has 2 atom stereocenters. The lowest BCUT2D eigenvalue weighted by Gasteiger charge is -2.28. The number of ether oxygens (including phenoxy) is 1. The molecule has 6 nitrogen and oxygen atoms in total. The van der Waals surface area contributed by atoms with Crippen LogP contribution in [0.15, 0.2) is 18.2 Å². The second-order valence-corrected chi connectivity index (χ2v) is 5.27. The van der Waals surface area contributed by atoms with Gasteiger partial charge in [0.25, 0.3) is 0 Å². The molecule has 2 aromatic rings. The van der Waals surface area contributed by atoms with Crippen LogP contribution < -0.4 is 5.73 Å². The van der Waals surface area contributed by atoms with Crippen molar-refractivity contribution in [2.45, 2.75) is 31.9 Å². The van der Waals surface area contributed by atoms with E-state index in [1.54, 1.807) is 10.7 Å². The van der Waals surface area contributed by atoms with Gasteiger partial charge in [-0.25, -0.2) is 9.07 Å². The highest BCUT2D eigenvalue weighted by atomic mass is 19.1. The van der Waals surface area contributed by atoms with Crippen molar-refractivity contribution in [2.75, 3.05) is 12.3 Å². The molecule has 2 N–H and O–H groups in total. The number of nitrogens with zero attached hydrogens (tertiary/aromatic N) is 4. The molecule has 20 heavy (non-hydrogen) atoms. The maximum atomic E-state index is 14.0. The number of halogens is 1. The molecule has 1 fully saturated rings. The highest BCUT2D eigenvalue weighted by Gasteiger charge is 2.42. The molecule has 0 saturated carbocycles. The van der Waals surface area contributed by atoms with Crippen molar-refractivity contribution in [3.8, 4) is 11.4 Å². The zero-order valence-corrected chi connectivity index (χ0v) is 11.4. The lowest BCUT2D eigenvalue weighted by molar-refractivity contribution is 0.0706. The van der Waals surface area contributed by atoms with Crippen LogP contribution in [0.2, 0.25) is 0 Å². The lowest BCUT2D eigenvalue weighted by Crippen LogP contribution is -2.38. The number of nitrogens with two attached hydrogens (primary N) is 1.